The van der Waals surface area contributed by atoms with Gasteiger partial charge in [-0.1, -0.05) is 32.9 Å². The largest absolute Gasteiger partial charge is 0.460 e. The molecule has 4 N–H and O–H groups in total. The van der Waals surface area contributed by atoms with Crippen molar-refractivity contribution in [1.82, 2.24) is 14.7 Å². The van der Waals surface area contributed by atoms with Gasteiger partial charge in [-0.05, 0) is 50.5 Å². The smallest absolute Gasteiger partial charge is 0.311 e. The van der Waals surface area contributed by atoms with Crippen LogP contribution >= 0.6 is 0 Å². The lowest BCUT2D eigenvalue weighted by Gasteiger charge is -2.32. The molecule has 0 spiro atoms. The predicted octanol–water partition coefficient (Wildman–Crippen LogP) is 4.02. The van der Waals surface area contributed by atoms with Gasteiger partial charge in [0.2, 0.25) is 0 Å². The third-order valence-corrected chi connectivity index (χ3v) is 5.41. The number of fused-ring (bicyclic) bond motifs is 1. The van der Waals surface area contributed by atoms with Crippen LogP contribution in [0.3, 0.4) is 0 Å². The van der Waals surface area contributed by atoms with E-state index in [1.54, 1.807) is 30.5 Å². The van der Waals surface area contributed by atoms with Crippen molar-refractivity contribution < 1.29 is 14.3 Å². The Morgan fingerprint density at radius 1 is 1.03 bits per heavy atom. The molecule has 180 valence electrons. The summed E-state index contributed by atoms with van der Waals surface area (Å²) in [5, 5.41) is 10.5. The second kappa shape index (κ2) is 9.29. The van der Waals surface area contributed by atoms with Crippen LogP contribution in [0.4, 0.5) is 0 Å². The molecule has 8 heteroatoms. The molecule has 2 heterocycles. The Bertz CT molecular complexity index is 1210. The monoisotopic (exact) mass is 463 g/mol. The van der Waals surface area contributed by atoms with Crippen molar-refractivity contribution >= 4 is 23.4 Å². The van der Waals surface area contributed by atoms with Crippen LogP contribution in [0.15, 0.2) is 48.8 Å². The fraction of sp³-hybridized carbons (Fsp3) is 0.385. The topological polar surface area (TPSA) is 123 Å². The lowest BCUT2D eigenvalue weighted by molar-refractivity contribution is -0.163. The molecule has 1 atom stereocenters. The molecule has 8 nitrogen and oxygen atoms in total. The van der Waals surface area contributed by atoms with Crippen LogP contribution in [-0.4, -0.2) is 39.2 Å². The number of benzene rings is 1. The van der Waals surface area contributed by atoms with Crippen LogP contribution in [0.5, 0.6) is 0 Å². The lowest BCUT2D eigenvalue weighted by atomic mass is 9.80. The summed E-state index contributed by atoms with van der Waals surface area (Å²) in [6, 6.07) is 10.7. The normalized spacial score (nSPS) is 12.9. The first-order valence-corrected chi connectivity index (χ1v) is 11.2. The van der Waals surface area contributed by atoms with Crippen LogP contribution in [0.25, 0.3) is 16.9 Å². The van der Waals surface area contributed by atoms with Gasteiger partial charge < -0.3 is 20.2 Å². The zero-order valence-corrected chi connectivity index (χ0v) is 20.6. The summed E-state index contributed by atoms with van der Waals surface area (Å²) in [4.78, 5) is 30.0. The molecule has 0 aliphatic heterocycles. The number of hydrogen-bond acceptors (Lipinski definition) is 5. The van der Waals surface area contributed by atoms with E-state index in [2.05, 4.69) is 10.3 Å². The molecule has 3 rings (SSSR count). The van der Waals surface area contributed by atoms with E-state index in [4.69, 9.17) is 15.9 Å². The number of carbonyl (C=O) groups excluding carboxylic acids is 2. The number of nitrogens with one attached hydrogen (secondary N) is 2. The third kappa shape index (κ3) is 6.01. The first-order chi connectivity index (χ1) is 15.7. The van der Waals surface area contributed by atoms with Gasteiger partial charge in [0.05, 0.1) is 11.6 Å². The molecule has 1 amide bonds. The Labute approximate surface area is 200 Å². The second-order valence-corrected chi connectivity index (χ2v) is 10.5. The molecule has 34 heavy (non-hydrogen) atoms. The maximum absolute atomic E-state index is 12.8. The first-order valence-electron chi connectivity index (χ1n) is 11.2. The van der Waals surface area contributed by atoms with Crippen molar-refractivity contribution in [2.24, 2.45) is 17.1 Å². The van der Waals surface area contributed by atoms with Crippen molar-refractivity contribution in [1.29, 1.82) is 5.41 Å². The molecular weight excluding hydrogens is 430 g/mol. The summed E-state index contributed by atoms with van der Waals surface area (Å²) in [6.07, 6.45) is 3.61. The number of nitrogens with zero attached hydrogens (tertiary/aromatic N) is 2. The average Bonchev–Trinajstić information content (AvgIpc) is 3.15. The van der Waals surface area contributed by atoms with Gasteiger partial charge >= 0.3 is 5.97 Å². The van der Waals surface area contributed by atoms with E-state index in [-0.39, 0.29) is 29.7 Å². The summed E-state index contributed by atoms with van der Waals surface area (Å²) in [7, 11) is 0. The standard InChI is InChI=1S/C26H33N5O3/c1-25(2,3)19(24(33)34-26(4,5)6)13-29-23(32)17-9-7-16(8-10-17)20-15-31-14-18(22(27)28)11-12-21(31)30-20/h7-12,14-15,19H,13H2,1-6H3,(H3,27,28)(H,29,32). The van der Waals surface area contributed by atoms with Gasteiger partial charge in [0, 0.05) is 35.6 Å². The number of nitrogen functional groups attached to an aromatic ring is 1. The highest BCUT2D eigenvalue weighted by Crippen LogP contribution is 2.28. The number of esters is 1. The molecule has 1 aromatic carbocycles. The molecule has 3 aromatic rings. The Hall–Kier alpha value is -3.68. The zero-order chi connectivity index (χ0) is 25.3. The quantitative estimate of drug-likeness (QED) is 0.289. The highest BCUT2D eigenvalue weighted by Gasteiger charge is 2.35. The van der Waals surface area contributed by atoms with E-state index >= 15 is 0 Å². The number of aromatic nitrogens is 2. The summed E-state index contributed by atoms with van der Waals surface area (Å²) in [5.41, 5.74) is 8.03. The number of carbonyl (C=O) groups is 2. The van der Waals surface area contributed by atoms with Crippen molar-refractivity contribution in [3.8, 4) is 11.3 Å². The van der Waals surface area contributed by atoms with Crippen LogP contribution in [0.2, 0.25) is 0 Å². The molecular formula is C26H33N5O3. The van der Waals surface area contributed by atoms with Gasteiger partial charge in [-0.25, -0.2) is 4.98 Å². The van der Waals surface area contributed by atoms with Crippen LogP contribution in [0.1, 0.15) is 57.5 Å². The average molecular weight is 464 g/mol. The van der Waals surface area contributed by atoms with E-state index in [9.17, 15) is 9.59 Å². The number of amidine groups is 1. The van der Waals surface area contributed by atoms with Crippen molar-refractivity contribution in [3.63, 3.8) is 0 Å². The van der Waals surface area contributed by atoms with Gasteiger partial charge in [-0.15, -0.1) is 0 Å². The lowest BCUT2D eigenvalue weighted by Crippen LogP contribution is -2.42. The molecule has 0 saturated carbocycles. The van der Waals surface area contributed by atoms with E-state index in [0.29, 0.717) is 11.1 Å². The fourth-order valence-corrected chi connectivity index (χ4v) is 3.50. The SMILES string of the molecule is CC(C)(C)OC(=O)C(CNC(=O)c1ccc(-c2cn3cc(C(=N)N)ccc3n2)cc1)C(C)(C)C. The summed E-state index contributed by atoms with van der Waals surface area (Å²) >= 11 is 0. The number of rotatable bonds is 6. The molecule has 0 bridgehead atoms. The summed E-state index contributed by atoms with van der Waals surface area (Å²) in [6.45, 7) is 11.5. The van der Waals surface area contributed by atoms with Gasteiger partial charge in [0.25, 0.3) is 5.91 Å². The Morgan fingerprint density at radius 2 is 1.65 bits per heavy atom. The molecule has 0 radical (unpaired) electrons. The molecule has 0 saturated heterocycles. The van der Waals surface area contributed by atoms with Crippen molar-refractivity contribution in [2.45, 2.75) is 47.1 Å². The fourth-order valence-electron chi connectivity index (χ4n) is 3.50. The maximum Gasteiger partial charge on any atom is 0.311 e. The second-order valence-electron chi connectivity index (χ2n) is 10.5. The molecule has 2 aromatic heterocycles. The molecule has 0 aliphatic rings. The van der Waals surface area contributed by atoms with Gasteiger partial charge in [0.1, 0.15) is 17.1 Å². The van der Waals surface area contributed by atoms with E-state index in [1.165, 1.54) is 0 Å². The van der Waals surface area contributed by atoms with Gasteiger partial charge in [0.15, 0.2) is 0 Å². The number of hydrogen-bond donors (Lipinski definition) is 3. The van der Waals surface area contributed by atoms with Gasteiger partial charge in [-0.3, -0.25) is 15.0 Å². The van der Waals surface area contributed by atoms with E-state index < -0.39 is 11.5 Å². The van der Waals surface area contributed by atoms with Crippen LogP contribution < -0.4 is 11.1 Å². The third-order valence-electron chi connectivity index (χ3n) is 5.41. The van der Waals surface area contributed by atoms with E-state index in [1.807, 2.05) is 64.3 Å². The number of imidazole rings is 1. The number of ether oxygens (including phenoxy) is 1. The highest BCUT2D eigenvalue weighted by atomic mass is 16.6. The summed E-state index contributed by atoms with van der Waals surface area (Å²) < 4.78 is 7.37. The summed E-state index contributed by atoms with van der Waals surface area (Å²) in [5.74, 6) is -1.07. The maximum atomic E-state index is 12.8. The minimum atomic E-state index is -0.591. The van der Waals surface area contributed by atoms with Crippen LogP contribution in [0, 0.1) is 16.7 Å². The minimum Gasteiger partial charge on any atom is -0.460 e. The van der Waals surface area contributed by atoms with Crippen molar-refractivity contribution in [2.75, 3.05) is 6.54 Å². The van der Waals surface area contributed by atoms with Crippen molar-refractivity contribution in [3.05, 3.63) is 59.9 Å². The molecule has 1 unspecified atom stereocenters. The highest BCUT2D eigenvalue weighted by molar-refractivity contribution is 5.95. The van der Waals surface area contributed by atoms with E-state index in [0.717, 1.165) is 16.9 Å². The van der Waals surface area contributed by atoms with Gasteiger partial charge in [-0.2, -0.15) is 0 Å². The molecule has 0 aliphatic carbocycles. The Morgan fingerprint density at radius 3 is 2.21 bits per heavy atom. The minimum absolute atomic E-state index is 0.00659. The zero-order valence-electron chi connectivity index (χ0n) is 20.6. The Balaban J connectivity index is 1.71. The number of pyridine rings is 1. The number of nitrogens with two attached hydrogens (primary N) is 1. The first kappa shape index (κ1) is 25.0. The predicted molar refractivity (Wildman–Crippen MR) is 133 cm³/mol. The van der Waals surface area contributed by atoms with Crippen LogP contribution in [-0.2, 0) is 9.53 Å². The Kier molecular flexibility index (Phi) is 6.82. The molecule has 0 fully saturated rings. The number of amides is 1.